The van der Waals surface area contributed by atoms with Crippen molar-refractivity contribution in [3.63, 3.8) is 0 Å². The van der Waals surface area contributed by atoms with Gasteiger partial charge in [-0.1, -0.05) is 0 Å². The molecular formula is C15H16N4O2. The number of aromatic nitrogens is 2. The lowest BCUT2D eigenvalue weighted by molar-refractivity contribution is 0.253. The molecule has 1 aliphatic rings. The molecule has 0 saturated heterocycles. The van der Waals surface area contributed by atoms with Crippen molar-refractivity contribution >= 4 is 11.8 Å². The number of hydrogen-bond donors (Lipinski definition) is 2. The maximum Gasteiger partial charge on any atom is 0.320 e. The Bertz CT molecular complexity index is 687. The molecule has 2 amide bonds. The fourth-order valence-electron chi connectivity index (χ4n) is 2.65. The molecule has 0 bridgehead atoms. The number of urea groups is 1. The lowest BCUT2D eigenvalue weighted by Gasteiger charge is -2.27. The number of hydrogen-bond acceptors (Lipinski definition) is 4. The molecular weight excluding hydrogens is 268 g/mol. The Balaban J connectivity index is 2.05. The maximum atomic E-state index is 11.4. The van der Waals surface area contributed by atoms with Crippen molar-refractivity contribution in [2.45, 2.75) is 19.4 Å². The predicted molar refractivity (Wildman–Crippen MR) is 78.6 cm³/mol. The Morgan fingerprint density at radius 2 is 2.29 bits per heavy atom. The lowest BCUT2D eigenvalue weighted by Crippen LogP contribution is -2.40. The number of aliphatic hydroxyl groups is 1. The van der Waals surface area contributed by atoms with Gasteiger partial charge in [0.15, 0.2) is 0 Å². The predicted octanol–water partition coefficient (Wildman–Crippen LogP) is 1.47. The quantitative estimate of drug-likeness (QED) is 0.873. The fourth-order valence-corrected chi connectivity index (χ4v) is 2.65. The second-order valence-electron chi connectivity index (χ2n) is 4.99. The van der Waals surface area contributed by atoms with Crippen molar-refractivity contribution in [2.24, 2.45) is 5.73 Å². The molecule has 3 N–H and O–H groups in total. The zero-order chi connectivity index (χ0) is 14.8. The van der Waals surface area contributed by atoms with Gasteiger partial charge in [-0.3, -0.25) is 9.88 Å². The summed E-state index contributed by atoms with van der Waals surface area (Å²) < 4.78 is 0. The van der Waals surface area contributed by atoms with Crippen molar-refractivity contribution in [3.8, 4) is 11.1 Å². The van der Waals surface area contributed by atoms with E-state index in [9.17, 15) is 9.90 Å². The maximum absolute atomic E-state index is 11.4. The fraction of sp³-hybridized carbons (Fsp3) is 0.267. The van der Waals surface area contributed by atoms with Gasteiger partial charge in [0.25, 0.3) is 0 Å². The number of fused-ring (bicyclic) bond motifs is 1. The first-order valence-electron chi connectivity index (χ1n) is 6.80. The molecule has 21 heavy (non-hydrogen) atoms. The van der Waals surface area contributed by atoms with Crippen LogP contribution in [-0.2, 0) is 13.0 Å². The summed E-state index contributed by atoms with van der Waals surface area (Å²) in [5, 5.41) is 9.42. The summed E-state index contributed by atoms with van der Waals surface area (Å²) >= 11 is 0. The van der Waals surface area contributed by atoms with Crippen molar-refractivity contribution in [1.82, 2.24) is 9.97 Å². The SMILES string of the molecule is NC(=O)N1CCCc2cc(-c3cnccc3CO)cnc21. The number of carbonyl (C=O) groups is 1. The zero-order valence-electron chi connectivity index (χ0n) is 11.5. The van der Waals surface area contributed by atoms with Crippen LogP contribution in [0.25, 0.3) is 11.1 Å². The Kier molecular flexibility index (Phi) is 3.53. The molecule has 0 aliphatic carbocycles. The van der Waals surface area contributed by atoms with E-state index in [2.05, 4.69) is 9.97 Å². The molecule has 3 heterocycles. The van der Waals surface area contributed by atoms with Crippen molar-refractivity contribution < 1.29 is 9.90 Å². The van der Waals surface area contributed by atoms with Crippen molar-refractivity contribution in [3.05, 3.63) is 41.9 Å². The highest BCUT2D eigenvalue weighted by atomic mass is 16.3. The number of nitrogens with zero attached hydrogens (tertiary/aromatic N) is 3. The number of nitrogens with two attached hydrogens (primary N) is 1. The van der Waals surface area contributed by atoms with E-state index < -0.39 is 6.03 Å². The largest absolute Gasteiger partial charge is 0.392 e. The summed E-state index contributed by atoms with van der Waals surface area (Å²) in [7, 11) is 0. The molecule has 0 aromatic carbocycles. The van der Waals surface area contributed by atoms with Gasteiger partial charge in [0.1, 0.15) is 5.82 Å². The zero-order valence-corrected chi connectivity index (χ0v) is 11.5. The highest BCUT2D eigenvalue weighted by molar-refractivity contribution is 5.91. The number of rotatable bonds is 2. The van der Waals surface area contributed by atoms with Gasteiger partial charge < -0.3 is 10.8 Å². The van der Waals surface area contributed by atoms with Crippen LogP contribution in [0.1, 0.15) is 17.5 Å². The van der Waals surface area contributed by atoms with Gasteiger partial charge in [-0.15, -0.1) is 0 Å². The van der Waals surface area contributed by atoms with Crippen molar-refractivity contribution in [2.75, 3.05) is 11.4 Å². The number of primary amides is 1. The van der Waals surface area contributed by atoms with E-state index in [0.29, 0.717) is 12.4 Å². The Morgan fingerprint density at radius 1 is 1.43 bits per heavy atom. The number of anilines is 1. The van der Waals surface area contributed by atoms with E-state index in [1.54, 1.807) is 24.7 Å². The number of aryl methyl sites for hydroxylation is 1. The van der Waals surface area contributed by atoms with Crippen LogP contribution in [0.15, 0.2) is 30.7 Å². The molecule has 0 unspecified atom stereocenters. The van der Waals surface area contributed by atoms with Crippen LogP contribution in [0.5, 0.6) is 0 Å². The monoisotopic (exact) mass is 284 g/mol. The minimum Gasteiger partial charge on any atom is -0.392 e. The second kappa shape index (κ2) is 5.49. The van der Waals surface area contributed by atoms with Crippen LogP contribution in [0.2, 0.25) is 0 Å². The van der Waals surface area contributed by atoms with Gasteiger partial charge in [-0.25, -0.2) is 9.78 Å². The third-order valence-corrected chi connectivity index (χ3v) is 3.69. The molecule has 2 aromatic rings. The Hall–Kier alpha value is -2.47. The third-order valence-electron chi connectivity index (χ3n) is 3.69. The number of aliphatic hydroxyl groups excluding tert-OH is 1. The summed E-state index contributed by atoms with van der Waals surface area (Å²) in [5.74, 6) is 0.631. The standard InChI is InChI=1S/C15H16N4O2/c16-15(21)19-5-1-2-10-6-12(7-18-14(10)19)13-8-17-4-3-11(13)9-20/h3-4,6-8,20H,1-2,5,9H2,(H2,16,21). The Labute approximate surface area is 122 Å². The van der Waals surface area contributed by atoms with E-state index in [0.717, 1.165) is 35.1 Å². The highest BCUT2D eigenvalue weighted by Gasteiger charge is 2.22. The molecule has 2 aromatic heterocycles. The molecule has 6 nitrogen and oxygen atoms in total. The smallest absolute Gasteiger partial charge is 0.320 e. The third kappa shape index (κ3) is 2.45. The van der Waals surface area contributed by atoms with E-state index in [1.165, 1.54) is 4.90 Å². The van der Waals surface area contributed by atoms with Gasteiger partial charge in [0.05, 0.1) is 6.61 Å². The first kappa shape index (κ1) is 13.5. The van der Waals surface area contributed by atoms with E-state index in [-0.39, 0.29) is 6.61 Å². The number of amides is 2. The highest BCUT2D eigenvalue weighted by Crippen LogP contribution is 2.30. The van der Waals surface area contributed by atoms with Gasteiger partial charge in [-0.2, -0.15) is 0 Å². The van der Waals surface area contributed by atoms with E-state index in [4.69, 9.17) is 5.73 Å². The molecule has 0 saturated carbocycles. The second-order valence-corrected chi connectivity index (χ2v) is 4.99. The molecule has 0 radical (unpaired) electrons. The minimum atomic E-state index is -0.478. The molecule has 1 aliphatic heterocycles. The molecule has 108 valence electrons. The molecule has 0 spiro atoms. The van der Waals surface area contributed by atoms with Crippen LogP contribution in [0, 0.1) is 0 Å². The van der Waals surface area contributed by atoms with Crippen molar-refractivity contribution in [1.29, 1.82) is 0 Å². The molecule has 0 fully saturated rings. The van der Waals surface area contributed by atoms with Crippen LogP contribution < -0.4 is 10.6 Å². The molecule has 0 atom stereocenters. The molecule has 6 heteroatoms. The number of pyridine rings is 2. The first-order valence-corrected chi connectivity index (χ1v) is 6.80. The summed E-state index contributed by atoms with van der Waals surface area (Å²) in [4.78, 5) is 21.4. The van der Waals surface area contributed by atoms with Crippen LogP contribution in [-0.4, -0.2) is 27.7 Å². The van der Waals surface area contributed by atoms with Crippen LogP contribution in [0.4, 0.5) is 10.6 Å². The topological polar surface area (TPSA) is 92.3 Å². The first-order chi connectivity index (χ1) is 10.2. The summed E-state index contributed by atoms with van der Waals surface area (Å²) in [6, 6.07) is 3.30. The minimum absolute atomic E-state index is 0.0532. The molecule has 3 rings (SSSR count). The van der Waals surface area contributed by atoms with E-state index >= 15 is 0 Å². The Morgan fingerprint density at radius 3 is 3.05 bits per heavy atom. The van der Waals surface area contributed by atoms with Gasteiger partial charge in [0, 0.05) is 36.3 Å². The van der Waals surface area contributed by atoms with Crippen LogP contribution >= 0.6 is 0 Å². The normalized spacial score (nSPS) is 13.9. The summed E-state index contributed by atoms with van der Waals surface area (Å²) in [6.45, 7) is 0.547. The summed E-state index contributed by atoms with van der Waals surface area (Å²) in [5.41, 5.74) is 8.91. The number of carbonyl (C=O) groups excluding carboxylic acids is 1. The lowest BCUT2D eigenvalue weighted by atomic mass is 9.99. The summed E-state index contributed by atoms with van der Waals surface area (Å²) in [6.07, 6.45) is 6.77. The average molecular weight is 284 g/mol. The van der Waals surface area contributed by atoms with E-state index in [1.807, 2.05) is 6.07 Å². The average Bonchev–Trinajstić information content (AvgIpc) is 2.53. The van der Waals surface area contributed by atoms with Gasteiger partial charge in [-0.05, 0) is 36.1 Å². The van der Waals surface area contributed by atoms with Crippen LogP contribution in [0.3, 0.4) is 0 Å². The van der Waals surface area contributed by atoms with Gasteiger partial charge in [0.2, 0.25) is 0 Å². The van der Waals surface area contributed by atoms with Gasteiger partial charge >= 0.3 is 6.03 Å².